The van der Waals surface area contributed by atoms with Crippen LogP contribution in [0.3, 0.4) is 0 Å². The summed E-state index contributed by atoms with van der Waals surface area (Å²) in [4.78, 5) is 12.2. The first kappa shape index (κ1) is 13.7. The molecule has 102 valence electrons. The van der Waals surface area contributed by atoms with Crippen LogP contribution in [0.15, 0.2) is 16.7 Å². The van der Waals surface area contributed by atoms with E-state index in [0.717, 1.165) is 17.3 Å². The third-order valence-electron chi connectivity index (χ3n) is 2.76. The Kier molecular flexibility index (Phi) is 4.31. The summed E-state index contributed by atoms with van der Waals surface area (Å²) in [6, 6.07) is 1.54. The van der Waals surface area contributed by atoms with Crippen molar-refractivity contribution in [2.24, 2.45) is 7.05 Å². The summed E-state index contributed by atoms with van der Waals surface area (Å²) in [5.41, 5.74) is 0.580. The van der Waals surface area contributed by atoms with Gasteiger partial charge in [0.2, 0.25) is 0 Å². The Bertz CT molecular complexity index is 550. The summed E-state index contributed by atoms with van der Waals surface area (Å²) in [5, 5.41) is 16.7. The number of rotatable bonds is 5. The fraction of sp³-hybridized carbons (Fsp3) is 0.455. The van der Waals surface area contributed by atoms with Crippen LogP contribution in [0.2, 0.25) is 0 Å². The van der Waals surface area contributed by atoms with Gasteiger partial charge in [0.15, 0.2) is 5.82 Å². The van der Waals surface area contributed by atoms with E-state index in [1.807, 2.05) is 20.2 Å². The van der Waals surface area contributed by atoms with Crippen LogP contribution in [0.25, 0.3) is 0 Å². The second-order valence-electron chi connectivity index (χ2n) is 4.24. The molecule has 0 bridgehead atoms. The maximum atomic E-state index is 12.2. The number of amides is 1. The van der Waals surface area contributed by atoms with E-state index < -0.39 is 0 Å². The van der Waals surface area contributed by atoms with Gasteiger partial charge in [-0.25, -0.2) is 0 Å². The van der Waals surface area contributed by atoms with Crippen molar-refractivity contribution >= 4 is 21.8 Å². The van der Waals surface area contributed by atoms with E-state index in [2.05, 4.69) is 41.9 Å². The number of aryl methyl sites for hydroxylation is 1. The first-order valence-electron chi connectivity index (χ1n) is 5.98. The first-order chi connectivity index (χ1) is 9.11. The molecule has 1 atom stereocenters. The van der Waals surface area contributed by atoms with Crippen molar-refractivity contribution in [3.8, 4) is 0 Å². The average Bonchev–Trinajstić information content (AvgIpc) is 2.98. The molecule has 7 nitrogen and oxygen atoms in total. The predicted octanol–water partition coefficient (Wildman–Crippen LogP) is 1.57. The molecule has 2 aromatic heterocycles. The zero-order valence-corrected chi connectivity index (χ0v) is 12.3. The molecule has 0 fully saturated rings. The van der Waals surface area contributed by atoms with Crippen LogP contribution in [0.1, 0.15) is 42.1 Å². The Labute approximate surface area is 118 Å². The molecule has 0 aromatic carbocycles. The van der Waals surface area contributed by atoms with E-state index in [9.17, 15) is 4.79 Å². The molecule has 0 aliphatic heterocycles. The van der Waals surface area contributed by atoms with Crippen molar-refractivity contribution in [2.45, 2.75) is 25.8 Å². The second-order valence-corrected chi connectivity index (χ2v) is 5.15. The number of aromatic amines is 1. The highest BCUT2D eigenvalue weighted by atomic mass is 79.9. The van der Waals surface area contributed by atoms with Gasteiger partial charge in [0.25, 0.3) is 5.91 Å². The lowest BCUT2D eigenvalue weighted by atomic mass is 10.1. The van der Waals surface area contributed by atoms with E-state index in [4.69, 9.17) is 0 Å². The van der Waals surface area contributed by atoms with E-state index in [0.29, 0.717) is 11.5 Å². The molecule has 2 heterocycles. The molecule has 2 N–H and O–H groups in total. The van der Waals surface area contributed by atoms with Crippen LogP contribution < -0.4 is 5.32 Å². The van der Waals surface area contributed by atoms with E-state index in [-0.39, 0.29) is 11.9 Å². The highest BCUT2D eigenvalue weighted by Crippen LogP contribution is 2.17. The van der Waals surface area contributed by atoms with Gasteiger partial charge in [-0.3, -0.25) is 4.79 Å². The molecule has 19 heavy (non-hydrogen) atoms. The van der Waals surface area contributed by atoms with Crippen LogP contribution in [-0.2, 0) is 7.05 Å². The monoisotopic (exact) mass is 326 g/mol. The Morgan fingerprint density at radius 2 is 2.42 bits per heavy atom. The van der Waals surface area contributed by atoms with Gasteiger partial charge in [0, 0.05) is 17.7 Å². The van der Waals surface area contributed by atoms with Gasteiger partial charge in [-0.15, -0.1) is 10.2 Å². The van der Waals surface area contributed by atoms with Gasteiger partial charge in [-0.05, 0) is 28.4 Å². The van der Waals surface area contributed by atoms with Gasteiger partial charge in [-0.1, -0.05) is 18.6 Å². The number of hydrogen-bond donors (Lipinski definition) is 2. The van der Waals surface area contributed by atoms with Crippen molar-refractivity contribution in [3.05, 3.63) is 28.3 Å². The number of halogens is 1. The normalized spacial score (nSPS) is 12.4. The molecule has 8 heteroatoms. The largest absolute Gasteiger partial charge is 0.345 e. The number of nitrogens with one attached hydrogen (secondary N) is 2. The van der Waals surface area contributed by atoms with Gasteiger partial charge < -0.3 is 9.88 Å². The summed E-state index contributed by atoms with van der Waals surface area (Å²) in [7, 11) is 1.82. The minimum Gasteiger partial charge on any atom is -0.345 e. The maximum Gasteiger partial charge on any atom is 0.268 e. The lowest BCUT2D eigenvalue weighted by Crippen LogP contribution is -2.30. The maximum absolute atomic E-state index is 12.2. The molecule has 0 spiro atoms. The fourth-order valence-electron chi connectivity index (χ4n) is 1.85. The lowest BCUT2D eigenvalue weighted by Gasteiger charge is -2.14. The summed E-state index contributed by atoms with van der Waals surface area (Å²) in [5.74, 6) is 0.347. The van der Waals surface area contributed by atoms with Gasteiger partial charge in [-0.2, -0.15) is 5.21 Å². The third-order valence-corrected chi connectivity index (χ3v) is 3.19. The van der Waals surface area contributed by atoms with Crippen molar-refractivity contribution < 1.29 is 4.79 Å². The number of H-pyrrole nitrogens is 1. The van der Waals surface area contributed by atoms with Crippen molar-refractivity contribution in [3.63, 3.8) is 0 Å². The first-order valence-corrected chi connectivity index (χ1v) is 6.77. The van der Waals surface area contributed by atoms with Crippen LogP contribution in [0, 0.1) is 0 Å². The van der Waals surface area contributed by atoms with Gasteiger partial charge in [0.1, 0.15) is 5.69 Å². The Morgan fingerprint density at radius 1 is 1.63 bits per heavy atom. The molecule has 1 amide bonds. The topological polar surface area (TPSA) is 88.5 Å². The molecule has 0 saturated heterocycles. The minimum atomic E-state index is -0.232. The number of tetrazole rings is 1. The summed E-state index contributed by atoms with van der Waals surface area (Å²) < 4.78 is 2.63. The Morgan fingerprint density at radius 3 is 2.95 bits per heavy atom. The van der Waals surface area contributed by atoms with Crippen molar-refractivity contribution in [1.82, 2.24) is 30.5 Å². The lowest BCUT2D eigenvalue weighted by molar-refractivity contribution is 0.0924. The average molecular weight is 327 g/mol. The number of aromatic nitrogens is 5. The molecule has 0 aliphatic rings. The number of carbonyl (C=O) groups is 1. The summed E-state index contributed by atoms with van der Waals surface area (Å²) in [6.45, 7) is 2.04. The number of hydrogen-bond acceptors (Lipinski definition) is 4. The second kappa shape index (κ2) is 5.96. The van der Waals surface area contributed by atoms with E-state index in [1.54, 1.807) is 10.6 Å². The molecule has 0 aliphatic carbocycles. The zero-order chi connectivity index (χ0) is 13.8. The van der Waals surface area contributed by atoms with E-state index in [1.165, 1.54) is 0 Å². The Hall–Kier alpha value is -1.70. The highest BCUT2D eigenvalue weighted by molar-refractivity contribution is 9.10. The molecule has 0 saturated carbocycles. The highest BCUT2D eigenvalue weighted by Gasteiger charge is 2.20. The van der Waals surface area contributed by atoms with E-state index >= 15 is 0 Å². The van der Waals surface area contributed by atoms with Crippen LogP contribution in [-0.4, -0.2) is 31.1 Å². The molecular weight excluding hydrogens is 312 g/mol. The molecule has 2 aromatic rings. The van der Waals surface area contributed by atoms with Crippen LogP contribution >= 0.6 is 15.9 Å². The third kappa shape index (κ3) is 3.19. The van der Waals surface area contributed by atoms with Crippen LogP contribution in [0.4, 0.5) is 0 Å². The number of carbonyl (C=O) groups excluding carboxylic acids is 1. The molecule has 2 rings (SSSR count). The molecular formula is C11H15BrN6O. The predicted molar refractivity (Wildman–Crippen MR) is 72.4 cm³/mol. The zero-order valence-electron chi connectivity index (χ0n) is 10.7. The minimum absolute atomic E-state index is 0.156. The summed E-state index contributed by atoms with van der Waals surface area (Å²) >= 11 is 3.35. The number of nitrogens with zero attached hydrogens (tertiary/aromatic N) is 4. The Balaban J connectivity index is 2.13. The molecule has 0 unspecified atom stereocenters. The quantitative estimate of drug-likeness (QED) is 0.872. The van der Waals surface area contributed by atoms with Gasteiger partial charge >= 0.3 is 0 Å². The molecule has 0 radical (unpaired) electrons. The van der Waals surface area contributed by atoms with Crippen molar-refractivity contribution in [1.29, 1.82) is 0 Å². The fourth-order valence-corrected chi connectivity index (χ4v) is 2.38. The SMILES string of the molecule is CCC[C@H](NC(=O)c1cc(Br)cn1C)c1nn[nH]n1. The van der Waals surface area contributed by atoms with Crippen LogP contribution in [0.5, 0.6) is 0 Å². The summed E-state index contributed by atoms with van der Waals surface area (Å²) in [6.07, 6.45) is 3.51. The smallest absolute Gasteiger partial charge is 0.268 e. The standard InChI is InChI=1S/C11H15BrN6O/c1-3-4-8(10-14-16-17-15-10)13-11(19)9-5-7(12)6-18(9)2/h5-6,8H,3-4H2,1-2H3,(H,13,19)(H,14,15,16,17)/t8-/m0/s1. The van der Waals surface area contributed by atoms with Gasteiger partial charge in [0.05, 0.1) is 6.04 Å². The van der Waals surface area contributed by atoms with Crippen molar-refractivity contribution in [2.75, 3.05) is 0 Å².